The molecule has 5 N–H and O–H groups in total. The summed E-state index contributed by atoms with van der Waals surface area (Å²) in [7, 11) is 1.61. The predicted molar refractivity (Wildman–Crippen MR) is 161 cm³/mol. The molecule has 1 heterocycles. The van der Waals surface area contributed by atoms with Crippen LogP contribution >= 0.6 is 11.3 Å². The highest BCUT2D eigenvalue weighted by Gasteiger charge is 2.25. The number of methoxy groups -OCH3 is 1. The number of nitrogens with two attached hydrogens (primary N) is 2. The molecule has 3 aromatic rings. The van der Waals surface area contributed by atoms with Crippen LogP contribution in [0.3, 0.4) is 0 Å². The summed E-state index contributed by atoms with van der Waals surface area (Å²) in [6.07, 6.45) is 1.39. The van der Waals surface area contributed by atoms with Crippen LogP contribution in [0.1, 0.15) is 68.2 Å². The summed E-state index contributed by atoms with van der Waals surface area (Å²) in [5, 5.41) is 5.30. The van der Waals surface area contributed by atoms with Gasteiger partial charge in [-0.3, -0.25) is 9.59 Å². The van der Waals surface area contributed by atoms with E-state index in [1.54, 1.807) is 23.3 Å². The third-order valence-electron chi connectivity index (χ3n) is 6.54. The molecule has 0 bridgehead atoms. The van der Waals surface area contributed by atoms with Crippen molar-refractivity contribution in [3.8, 4) is 5.75 Å². The number of nitrogens with zero attached hydrogens (tertiary/aromatic N) is 1. The number of ether oxygens (including phenoxy) is 2. The van der Waals surface area contributed by atoms with Crippen LogP contribution in [-0.4, -0.2) is 61.6 Å². The maximum Gasteiger partial charge on any atom is 0.338 e. The van der Waals surface area contributed by atoms with Gasteiger partial charge in [0, 0.05) is 54.6 Å². The summed E-state index contributed by atoms with van der Waals surface area (Å²) in [5.74, 6) is -0.943. The molecule has 2 aromatic carbocycles. The van der Waals surface area contributed by atoms with Crippen LogP contribution in [0.15, 0.2) is 60.0 Å². The quantitative estimate of drug-likeness (QED) is 0.218. The van der Waals surface area contributed by atoms with Crippen molar-refractivity contribution in [2.45, 2.75) is 51.8 Å². The Kier molecular flexibility index (Phi) is 12.3. The zero-order chi connectivity index (χ0) is 29.8. The molecule has 0 saturated heterocycles. The number of amides is 2. The van der Waals surface area contributed by atoms with Gasteiger partial charge in [-0.15, -0.1) is 11.3 Å². The van der Waals surface area contributed by atoms with Crippen LogP contribution < -0.4 is 21.5 Å². The number of carbonyl (C=O) groups is 3. The molecule has 41 heavy (non-hydrogen) atoms. The van der Waals surface area contributed by atoms with E-state index in [1.807, 2.05) is 55.6 Å². The second-order valence-corrected chi connectivity index (χ2v) is 10.9. The average Bonchev–Trinajstić information content (AvgIpc) is 3.49. The molecule has 0 radical (unpaired) electrons. The highest BCUT2D eigenvalue weighted by atomic mass is 32.1. The SMILES string of the molecule is CCCN(CCC)C(=O)c1cc(C(N)=O)cc(C(=O)O[C@H](CNCc2cccc(OC)c2)[C@@H](N)Cc2cccs2)c1. The molecule has 0 spiro atoms. The van der Waals surface area contributed by atoms with Crippen LogP contribution in [0, 0.1) is 0 Å². The van der Waals surface area contributed by atoms with Crippen LogP contribution in [0.2, 0.25) is 0 Å². The number of nitrogens with one attached hydrogen (secondary N) is 1. The summed E-state index contributed by atoms with van der Waals surface area (Å²) in [4.78, 5) is 41.6. The zero-order valence-electron chi connectivity index (χ0n) is 23.9. The molecule has 0 fully saturated rings. The van der Waals surface area contributed by atoms with Gasteiger partial charge in [-0.1, -0.05) is 32.0 Å². The zero-order valence-corrected chi connectivity index (χ0v) is 24.7. The van der Waals surface area contributed by atoms with Gasteiger partial charge >= 0.3 is 5.97 Å². The Balaban J connectivity index is 1.83. The Hall–Kier alpha value is -3.73. The van der Waals surface area contributed by atoms with Gasteiger partial charge in [-0.05, 0) is 60.2 Å². The number of thiophene rings is 1. The molecular formula is C31H40N4O5S. The Morgan fingerprint density at radius 2 is 1.68 bits per heavy atom. The van der Waals surface area contributed by atoms with Crippen molar-refractivity contribution in [3.05, 3.63) is 87.1 Å². The van der Waals surface area contributed by atoms with Crippen molar-refractivity contribution in [2.75, 3.05) is 26.7 Å². The monoisotopic (exact) mass is 580 g/mol. The molecule has 3 rings (SSSR count). The highest BCUT2D eigenvalue weighted by molar-refractivity contribution is 7.09. The number of esters is 1. The standard InChI is InChI=1S/C31H40N4O5S/c1-4-11-35(12-5-2)30(37)23-15-22(29(33)36)16-24(17-23)31(38)40-28(27(32)18-26-10-7-13-41-26)20-34-19-21-8-6-9-25(14-21)39-3/h6-10,13-17,27-28,34H,4-5,11-12,18-20,32H2,1-3H3,(H2,33,36)/t27-,28+/m0/s1. The Labute approximate surface area is 245 Å². The summed E-state index contributed by atoms with van der Waals surface area (Å²) in [6.45, 7) is 5.90. The number of primary amides is 1. The molecule has 9 nitrogen and oxygen atoms in total. The fourth-order valence-electron chi connectivity index (χ4n) is 4.47. The van der Waals surface area contributed by atoms with Crippen LogP contribution in [0.25, 0.3) is 0 Å². The van der Waals surface area contributed by atoms with Gasteiger partial charge in [0.1, 0.15) is 11.9 Å². The number of hydrogen-bond acceptors (Lipinski definition) is 8. The van der Waals surface area contributed by atoms with Crippen LogP contribution in [0.5, 0.6) is 5.75 Å². The molecule has 220 valence electrons. The Morgan fingerprint density at radius 3 is 2.32 bits per heavy atom. The molecule has 0 aliphatic heterocycles. The van der Waals surface area contributed by atoms with E-state index >= 15 is 0 Å². The molecule has 0 saturated carbocycles. The molecule has 0 aliphatic carbocycles. The van der Waals surface area contributed by atoms with E-state index in [4.69, 9.17) is 20.9 Å². The highest BCUT2D eigenvalue weighted by Crippen LogP contribution is 2.18. The van der Waals surface area contributed by atoms with Crippen molar-refractivity contribution in [1.82, 2.24) is 10.2 Å². The molecule has 1 aromatic heterocycles. The minimum Gasteiger partial charge on any atom is -0.497 e. The van der Waals surface area contributed by atoms with Gasteiger partial charge in [-0.25, -0.2) is 4.79 Å². The molecular weight excluding hydrogens is 540 g/mol. The van der Waals surface area contributed by atoms with Crippen molar-refractivity contribution < 1.29 is 23.9 Å². The second-order valence-electron chi connectivity index (χ2n) is 9.83. The van der Waals surface area contributed by atoms with Crippen LogP contribution in [-0.2, 0) is 17.7 Å². The van der Waals surface area contributed by atoms with Gasteiger partial charge < -0.3 is 31.2 Å². The first-order valence-electron chi connectivity index (χ1n) is 13.8. The largest absolute Gasteiger partial charge is 0.497 e. The molecule has 2 amide bonds. The van der Waals surface area contributed by atoms with E-state index in [9.17, 15) is 14.4 Å². The lowest BCUT2D eigenvalue weighted by Crippen LogP contribution is -2.45. The maximum atomic E-state index is 13.5. The minimum absolute atomic E-state index is 0.0614. The molecule has 10 heteroatoms. The summed E-state index contributed by atoms with van der Waals surface area (Å²) < 4.78 is 11.2. The van der Waals surface area contributed by atoms with Gasteiger partial charge in [-0.2, -0.15) is 0 Å². The first-order valence-corrected chi connectivity index (χ1v) is 14.7. The van der Waals surface area contributed by atoms with Gasteiger partial charge in [0.05, 0.1) is 12.7 Å². The van der Waals surface area contributed by atoms with Gasteiger partial charge in [0.2, 0.25) is 5.91 Å². The first kappa shape index (κ1) is 31.8. The van der Waals surface area contributed by atoms with Gasteiger partial charge in [0.15, 0.2) is 0 Å². The normalized spacial score (nSPS) is 12.4. The predicted octanol–water partition coefficient (Wildman–Crippen LogP) is 4.00. The summed E-state index contributed by atoms with van der Waals surface area (Å²) in [5.41, 5.74) is 13.5. The van der Waals surface area contributed by atoms with E-state index < -0.39 is 24.0 Å². The van der Waals surface area contributed by atoms with Crippen molar-refractivity contribution >= 4 is 29.1 Å². The lowest BCUT2D eigenvalue weighted by Gasteiger charge is -2.25. The van der Waals surface area contributed by atoms with Crippen molar-refractivity contribution in [2.24, 2.45) is 11.5 Å². The Morgan fingerprint density at radius 1 is 0.976 bits per heavy atom. The van der Waals surface area contributed by atoms with Crippen LogP contribution in [0.4, 0.5) is 0 Å². The third-order valence-corrected chi connectivity index (χ3v) is 7.43. The molecule has 0 unspecified atom stereocenters. The molecule has 2 atom stereocenters. The fraction of sp³-hybridized carbons (Fsp3) is 0.387. The summed E-state index contributed by atoms with van der Waals surface area (Å²) in [6, 6.07) is 15.3. The number of carbonyl (C=O) groups excluding carboxylic acids is 3. The lowest BCUT2D eigenvalue weighted by atomic mass is 10.0. The van der Waals surface area contributed by atoms with E-state index in [-0.39, 0.29) is 29.1 Å². The topological polar surface area (TPSA) is 137 Å². The fourth-order valence-corrected chi connectivity index (χ4v) is 5.25. The van der Waals surface area contributed by atoms with E-state index in [0.29, 0.717) is 26.1 Å². The van der Waals surface area contributed by atoms with E-state index in [1.165, 1.54) is 18.2 Å². The average molecular weight is 581 g/mol. The van der Waals surface area contributed by atoms with E-state index in [0.717, 1.165) is 29.0 Å². The number of benzene rings is 2. The first-order chi connectivity index (χ1) is 19.7. The third kappa shape index (κ3) is 9.41. The van der Waals surface area contributed by atoms with E-state index in [2.05, 4.69) is 5.32 Å². The maximum absolute atomic E-state index is 13.5. The van der Waals surface area contributed by atoms with Gasteiger partial charge in [0.25, 0.3) is 5.91 Å². The van der Waals surface area contributed by atoms with Crippen molar-refractivity contribution in [1.29, 1.82) is 0 Å². The number of rotatable bonds is 16. The molecule has 0 aliphatic rings. The second kappa shape index (κ2) is 15.9. The summed E-state index contributed by atoms with van der Waals surface area (Å²) >= 11 is 1.58. The minimum atomic E-state index is -0.739. The lowest BCUT2D eigenvalue weighted by molar-refractivity contribution is 0.0239. The van der Waals surface area contributed by atoms with Crippen molar-refractivity contribution in [3.63, 3.8) is 0 Å². The number of hydrogen-bond donors (Lipinski definition) is 3. The smallest absolute Gasteiger partial charge is 0.338 e. The Bertz CT molecular complexity index is 1290.